The molecule has 0 aromatic carbocycles. The van der Waals surface area contributed by atoms with Gasteiger partial charge in [0.1, 0.15) is 11.5 Å². The van der Waals surface area contributed by atoms with Crippen LogP contribution in [0.5, 0.6) is 0 Å². The predicted octanol–water partition coefficient (Wildman–Crippen LogP) is 3.79. The van der Waals surface area contributed by atoms with Crippen molar-refractivity contribution in [3.05, 3.63) is 51.7 Å². The highest BCUT2D eigenvalue weighted by Crippen LogP contribution is 2.19. The number of hydrogen-bond acceptors (Lipinski definition) is 6. The van der Waals surface area contributed by atoms with Crippen molar-refractivity contribution in [2.45, 2.75) is 33.7 Å². The first-order chi connectivity index (χ1) is 11.2. The Labute approximate surface area is 139 Å². The van der Waals surface area contributed by atoms with Gasteiger partial charge in [-0.1, -0.05) is 13.0 Å². The number of rotatable bonds is 5. The molecule has 6 heteroatoms. The first kappa shape index (κ1) is 15.6. The Morgan fingerprint density at radius 3 is 2.65 bits per heavy atom. The SMILES string of the molecule is CCc1cc(NCc2nc(C)sc2C)nc(-c2ccccn2)n1. The summed E-state index contributed by atoms with van der Waals surface area (Å²) in [5.41, 5.74) is 2.85. The Hall–Kier alpha value is -2.34. The summed E-state index contributed by atoms with van der Waals surface area (Å²) in [6.07, 6.45) is 2.61. The van der Waals surface area contributed by atoms with E-state index >= 15 is 0 Å². The number of aromatic nitrogens is 4. The van der Waals surface area contributed by atoms with Crippen LogP contribution in [0.2, 0.25) is 0 Å². The van der Waals surface area contributed by atoms with Gasteiger partial charge < -0.3 is 5.32 Å². The van der Waals surface area contributed by atoms with Crippen LogP contribution in [-0.4, -0.2) is 19.9 Å². The molecule has 5 nitrogen and oxygen atoms in total. The van der Waals surface area contributed by atoms with E-state index in [4.69, 9.17) is 0 Å². The highest BCUT2D eigenvalue weighted by Gasteiger charge is 2.09. The van der Waals surface area contributed by atoms with Crippen LogP contribution in [0.3, 0.4) is 0 Å². The summed E-state index contributed by atoms with van der Waals surface area (Å²) in [5, 5.41) is 4.45. The number of nitrogens with one attached hydrogen (secondary N) is 1. The van der Waals surface area contributed by atoms with Crippen molar-refractivity contribution in [3.8, 4) is 11.5 Å². The van der Waals surface area contributed by atoms with Gasteiger partial charge in [0.05, 0.1) is 17.2 Å². The smallest absolute Gasteiger partial charge is 0.180 e. The normalized spacial score (nSPS) is 10.7. The molecule has 0 spiro atoms. The van der Waals surface area contributed by atoms with Crippen molar-refractivity contribution in [2.75, 3.05) is 5.32 Å². The summed E-state index contributed by atoms with van der Waals surface area (Å²) < 4.78 is 0. The summed E-state index contributed by atoms with van der Waals surface area (Å²) >= 11 is 1.72. The van der Waals surface area contributed by atoms with E-state index in [1.54, 1.807) is 17.5 Å². The Balaban J connectivity index is 1.85. The molecule has 0 radical (unpaired) electrons. The number of anilines is 1. The molecule has 0 fully saturated rings. The summed E-state index contributed by atoms with van der Waals surface area (Å²) in [7, 11) is 0. The molecule has 0 bridgehead atoms. The second-order valence-electron chi connectivity index (χ2n) is 5.23. The van der Waals surface area contributed by atoms with Crippen LogP contribution in [0.15, 0.2) is 30.5 Å². The van der Waals surface area contributed by atoms with Crippen LogP contribution >= 0.6 is 11.3 Å². The van der Waals surface area contributed by atoms with Gasteiger partial charge in [-0.15, -0.1) is 11.3 Å². The van der Waals surface area contributed by atoms with E-state index in [0.29, 0.717) is 12.4 Å². The van der Waals surface area contributed by atoms with Gasteiger partial charge in [-0.2, -0.15) is 0 Å². The zero-order chi connectivity index (χ0) is 16.2. The summed E-state index contributed by atoms with van der Waals surface area (Å²) in [6, 6.07) is 7.74. The predicted molar refractivity (Wildman–Crippen MR) is 93.6 cm³/mol. The molecular weight excluding hydrogens is 306 g/mol. The molecule has 23 heavy (non-hydrogen) atoms. The van der Waals surface area contributed by atoms with Crippen molar-refractivity contribution < 1.29 is 0 Å². The van der Waals surface area contributed by atoms with Crippen LogP contribution in [0, 0.1) is 13.8 Å². The third-order valence-electron chi connectivity index (χ3n) is 3.47. The molecule has 0 saturated heterocycles. The van der Waals surface area contributed by atoms with Gasteiger partial charge in [-0.3, -0.25) is 4.98 Å². The van der Waals surface area contributed by atoms with E-state index in [1.807, 2.05) is 31.2 Å². The fourth-order valence-corrected chi connectivity index (χ4v) is 3.12. The maximum absolute atomic E-state index is 4.59. The van der Waals surface area contributed by atoms with Gasteiger partial charge in [-0.25, -0.2) is 15.0 Å². The Morgan fingerprint density at radius 1 is 1.13 bits per heavy atom. The van der Waals surface area contributed by atoms with Crippen molar-refractivity contribution in [1.29, 1.82) is 0 Å². The lowest BCUT2D eigenvalue weighted by atomic mass is 10.2. The third kappa shape index (κ3) is 3.71. The first-order valence-corrected chi connectivity index (χ1v) is 8.43. The first-order valence-electron chi connectivity index (χ1n) is 7.62. The minimum absolute atomic E-state index is 0.652. The molecule has 0 aliphatic heterocycles. The maximum Gasteiger partial charge on any atom is 0.180 e. The maximum atomic E-state index is 4.59. The lowest BCUT2D eigenvalue weighted by molar-refractivity contribution is 0.974. The van der Waals surface area contributed by atoms with E-state index < -0.39 is 0 Å². The monoisotopic (exact) mass is 325 g/mol. The molecule has 0 atom stereocenters. The van der Waals surface area contributed by atoms with Crippen molar-refractivity contribution in [2.24, 2.45) is 0 Å². The van der Waals surface area contributed by atoms with E-state index in [0.717, 1.165) is 34.3 Å². The van der Waals surface area contributed by atoms with Crippen molar-refractivity contribution in [1.82, 2.24) is 19.9 Å². The molecule has 3 aromatic heterocycles. The number of hydrogen-bond donors (Lipinski definition) is 1. The highest BCUT2D eigenvalue weighted by atomic mass is 32.1. The molecule has 0 unspecified atom stereocenters. The number of thiazole rings is 1. The third-order valence-corrected chi connectivity index (χ3v) is 4.40. The quantitative estimate of drug-likeness (QED) is 0.773. The zero-order valence-electron chi connectivity index (χ0n) is 13.5. The summed E-state index contributed by atoms with van der Waals surface area (Å²) in [6.45, 7) is 6.87. The molecule has 0 aliphatic rings. The van der Waals surface area contributed by atoms with Crippen LogP contribution in [0.1, 0.15) is 28.2 Å². The molecule has 118 valence electrons. The number of aryl methyl sites for hydroxylation is 3. The van der Waals surface area contributed by atoms with Gasteiger partial charge in [0, 0.05) is 22.8 Å². The molecule has 0 aliphatic carbocycles. The van der Waals surface area contributed by atoms with Gasteiger partial charge in [-0.05, 0) is 32.4 Å². The summed E-state index contributed by atoms with van der Waals surface area (Å²) in [5.74, 6) is 1.46. The summed E-state index contributed by atoms with van der Waals surface area (Å²) in [4.78, 5) is 19.3. The Bertz CT molecular complexity index is 798. The number of pyridine rings is 1. The van der Waals surface area contributed by atoms with Crippen LogP contribution in [0.25, 0.3) is 11.5 Å². The van der Waals surface area contributed by atoms with E-state index in [-0.39, 0.29) is 0 Å². The fraction of sp³-hybridized carbons (Fsp3) is 0.294. The number of nitrogens with zero attached hydrogens (tertiary/aromatic N) is 4. The zero-order valence-corrected chi connectivity index (χ0v) is 14.3. The Kier molecular flexibility index (Phi) is 4.62. The lowest BCUT2D eigenvalue weighted by Gasteiger charge is -2.08. The molecule has 0 amide bonds. The van der Waals surface area contributed by atoms with E-state index in [2.05, 4.69) is 39.1 Å². The van der Waals surface area contributed by atoms with Crippen molar-refractivity contribution >= 4 is 17.2 Å². The lowest BCUT2D eigenvalue weighted by Crippen LogP contribution is -2.06. The van der Waals surface area contributed by atoms with Gasteiger partial charge in [0.25, 0.3) is 0 Å². The van der Waals surface area contributed by atoms with E-state index in [1.165, 1.54) is 4.88 Å². The Morgan fingerprint density at radius 2 is 2.00 bits per heavy atom. The average Bonchev–Trinajstić information content (AvgIpc) is 2.91. The average molecular weight is 325 g/mol. The van der Waals surface area contributed by atoms with Gasteiger partial charge in [0.2, 0.25) is 0 Å². The minimum Gasteiger partial charge on any atom is -0.364 e. The van der Waals surface area contributed by atoms with Crippen LogP contribution < -0.4 is 5.32 Å². The standard InChI is InChI=1S/C17H19N5S/c1-4-13-9-16(19-10-15-11(2)23-12(3)20-15)22-17(21-13)14-7-5-6-8-18-14/h5-9H,4,10H2,1-3H3,(H,19,21,22). The highest BCUT2D eigenvalue weighted by molar-refractivity contribution is 7.11. The van der Waals surface area contributed by atoms with Crippen LogP contribution in [0.4, 0.5) is 5.82 Å². The molecule has 3 heterocycles. The molecule has 1 N–H and O–H groups in total. The van der Waals surface area contributed by atoms with Crippen LogP contribution in [-0.2, 0) is 13.0 Å². The van der Waals surface area contributed by atoms with E-state index in [9.17, 15) is 0 Å². The molecule has 0 saturated carbocycles. The molecular formula is C17H19N5S. The largest absolute Gasteiger partial charge is 0.364 e. The van der Waals surface area contributed by atoms with Gasteiger partial charge in [0.15, 0.2) is 5.82 Å². The molecule has 3 rings (SSSR count). The minimum atomic E-state index is 0.652. The topological polar surface area (TPSA) is 63.6 Å². The second kappa shape index (κ2) is 6.83. The molecule has 3 aromatic rings. The van der Waals surface area contributed by atoms with Crippen molar-refractivity contribution in [3.63, 3.8) is 0 Å². The fourth-order valence-electron chi connectivity index (χ4n) is 2.29. The second-order valence-corrected chi connectivity index (χ2v) is 6.63. The van der Waals surface area contributed by atoms with Gasteiger partial charge >= 0.3 is 0 Å².